The van der Waals surface area contributed by atoms with Gasteiger partial charge in [-0.15, -0.1) is 0 Å². The molecule has 26 heavy (non-hydrogen) atoms. The Balaban J connectivity index is 1.76. The Morgan fingerprint density at radius 1 is 1.19 bits per heavy atom. The van der Waals surface area contributed by atoms with Gasteiger partial charge in [-0.2, -0.15) is 0 Å². The van der Waals surface area contributed by atoms with Crippen molar-refractivity contribution in [2.75, 3.05) is 4.90 Å². The number of nitrogens with zero attached hydrogens (tertiary/aromatic N) is 2. The summed E-state index contributed by atoms with van der Waals surface area (Å²) in [6.45, 7) is 0. The lowest BCUT2D eigenvalue weighted by Crippen LogP contribution is -2.27. The summed E-state index contributed by atoms with van der Waals surface area (Å²) in [6, 6.07) is 13.1. The average Bonchev–Trinajstić information content (AvgIpc) is 2.89. The van der Waals surface area contributed by atoms with E-state index >= 15 is 0 Å². The smallest absolute Gasteiger partial charge is 0.268 e. The van der Waals surface area contributed by atoms with E-state index < -0.39 is 4.92 Å². The van der Waals surface area contributed by atoms with Crippen molar-refractivity contribution >= 4 is 63.3 Å². The van der Waals surface area contributed by atoms with Crippen molar-refractivity contribution in [2.24, 2.45) is 0 Å². The largest absolute Gasteiger partial charge is 0.270 e. The molecule has 2 aromatic rings. The van der Waals surface area contributed by atoms with E-state index in [1.807, 2.05) is 0 Å². The summed E-state index contributed by atoms with van der Waals surface area (Å²) < 4.78 is 0.437. The highest BCUT2D eigenvalue weighted by Gasteiger charge is 2.32. The molecule has 8 heteroatoms. The van der Waals surface area contributed by atoms with Crippen LogP contribution in [0.1, 0.15) is 5.56 Å². The standard InChI is InChI=1S/C18H11ClN2O3S2/c19-13-4-2-5-15(11-13)20-17(22)16(26-18(20)25)6-1-3-12-7-9-14(10-8-12)21(23)24/h1-11H/b3-1+,16-6-. The fraction of sp³-hybridized carbons (Fsp3) is 0. The lowest BCUT2D eigenvalue weighted by molar-refractivity contribution is -0.384. The minimum atomic E-state index is -0.450. The molecular weight excluding hydrogens is 392 g/mol. The van der Waals surface area contributed by atoms with Gasteiger partial charge in [-0.25, -0.2) is 0 Å². The molecule has 0 aliphatic carbocycles. The lowest BCUT2D eigenvalue weighted by Gasteiger charge is -2.14. The molecule has 1 aliphatic heterocycles. The number of thioether (sulfide) groups is 1. The number of benzene rings is 2. The van der Waals surface area contributed by atoms with Gasteiger partial charge in [0, 0.05) is 17.2 Å². The van der Waals surface area contributed by atoms with E-state index in [-0.39, 0.29) is 11.6 Å². The summed E-state index contributed by atoms with van der Waals surface area (Å²) >= 11 is 12.5. The third kappa shape index (κ3) is 4.01. The molecule has 0 aromatic heterocycles. The zero-order chi connectivity index (χ0) is 18.7. The maximum atomic E-state index is 12.6. The molecule has 1 fully saturated rings. The van der Waals surface area contributed by atoms with Crippen LogP contribution in [0, 0.1) is 10.1 Å². The third-order valence-electron chi connectivity index (χ3n) is 3.50. The maximum Gasteiger partial charge on any atom is 0.270 e. The number of carbonyl (C=O) groups is 1. The number of nitro benzene ring substituents is 1. The molecule has 0 unspecified atom stereocenters. The monoisotopic (exact) mass is 402 g/mol. The van der Waals surface area contributed by atoms with Crippen LogP contribution in [-0.2, 0) is 4.79 Å². The molecule has 0 N–H and O–H groups in total. The van der Waals surface area contributed by atoms with Gasteiger partial charge in [-0.05, 0) is 42.0 Å². The molecule has 0 saturated carbocycles. The van der Waals surface area contributed by atoms with Crippen LogP contribution < -0.4 is 4.90 Å². The SMILES string of the molecule is O=C1/C(=C/C=C/c2ccc([N+](=O)[O-])cc2)SC(=S)N1c1cccc(Cl)c1. The normalized spacial score (nSPS) is 16.0. The maximum absolute atomic E-state index is 12.6. The number of allylic oxidation sites excluding steroid dienone is 2. The van der Waals surface area contributed by atoms with Gasteiger partial charge in [0.15, 0.2) is 4.32 Å². The molecule has 1 heterocycles. The van der Waals surface area contributed by atoms with E-state index in [9.17, 15) is 14.9 Å². The van der Waals surface area contributed by atoms with Crippen molar-refractivity contribution in [3.63, 3.8) is 0 Å². The molecule has 130 valence electrons. The molecule has 1 aliphatic rings. The van der Waals surface area contributed by atoms with Crippen LogP contribution >= 0.6 is 35.6 Å². The van der Waals surface area contributed by atoms with Crippen LogP contribution in [0.5, 0.6) is 0 Å². The number of nitro groups is 1. The molecule has 0 spiro atoms. The Morgan fingerprint density at radius 2 is 1.92 bits per heavy atom. The molecule has 0 radical (unpaired) electrons. The van der Waals surface area contributed by atoms with Crippen molar-refractivity contribution in [1.82, 2.24) is 0 Å². The van der Waals surface area contributed by atoms with Crippen LogP contribution in [0.15, 0.2) is 65.6 Å². The molecule has 0 bridgehead atoms. The summed E-state index contributed by atoms with van der Waals surface area (Å²) in [4.78, 5) is 24.7. The first-order chi connectivity index (χ1) is 12.5. The number of anilines is 1. The molecule has 1 saturated heterocycles. The fourth-order valence-corrected chi connectivity index (χ4v) is 3.71. The number of amides is 1. The zero-order valence-electron chi connectivity index (χ0n) is 13.2. The molecule has 3 rings (SSSR count). The van der Waals surface area contributed by atoms with Crippen molar-refractivity contribution in [1.29, 1.82) is 0 Å². The van der Waals surface area contributed by atoms with Gasteiger partial charge in [-0.1, -0.05) is 53.8 Å². The minimum Gasteiger partial charge on any atom is -0.268 e. The molecule has 0 atom stereocenters. The van der Waals surface area contributed by atoms with Gasteiger partial charge in [0.2, 0.25) is 0 Å². The van der Waals surface area contributed by atoms with Crippen LogP contribution in [0.25, 0.3) is 6.08 Å². The van der Waals surface area contributed by atoms with Gasteiger partial charge in [-0.3, -0.25) is 19.8 Å². The first-order valence-corrected chi connectivity index (χ1v) is 9.00. The number of carbonyl (C=O) groups excluding carboxylic acids is 1. The van der Waals surface area contributed by atoms with Gasteiger partial charge in [0.05, 0.1) is 15.5 Å². The lowest BCUT2D eigenvalue weighted by atomic mass is 10.2. The number of non-ortho nitro benzene ring substituents is 1. The Bertz CT molecular complexity index is 955. The molecule has 1 amide bonds. The van der Waals surface area contributed by atoms with Gasteiger partial charge < -0.3 is 0 Å². The van der Waals surface area contributed by atoms with E-state index in [1.165, 1.54) is 28.8 Å². The number of thiocarbonyl (C=S) groups is 1. The van der Waals surface area contributed by atoms with Crippen molar-refractivity contribution in [3.05, 3.63) is 86.3 Å². The Kier molecular flexibility index (Phi) is 5.51. The highest BCUT2D eigenvalue weighted by atomic mass is 35.5. The zero-order valence-corrected chi connectivity index (χ0v) is 15.6. The quantitative estimate of drug-likeness (QED) is 0.304. The van der Waals surface area contributed by atoms with Gasteiger partial charge in [0.1, 0.15) is 0 Å². The summed E-state index contributed by atoms with van der Waals surface area (Å²) in [5.74, 6) is -0.212. The van der Waals surface area contributed by atoms with Crippen molar-refractivity contribution in [3.8, 4) is 0 Å². The van der Waals surface area contributed by atoms with Crippen molar-refractivity contribution in [2.45, 2.75) is 0 Å². The first-order valence-electron chi connectivity index (χ1n) is 7.40. The highest BCUT2D eigenvalue weighted by molar-refractivity contribution is 8.27. The predicted molar refractivity (Wildman–Crippen MR) is 109 cm³/mol. The van der Waals surface area contributed by atoms with Crippen LogP contribution in [0.3, 0.4) is 0 Å². The predicted octanol–water partition coefficient (Wildman–Crippen LogP) is 5.21. The number of hydrogen-bond acceptors (Lipinski definition) is 5. The van der Waals surface area contributed by atoms with E-state index in [1.54, 1.807) is 54.6 Å². The summed E-state index contributed by atoms with van der Waals surface area (Å²) in [6.07, 6.45) is 5.15. The van der Waals surface area contributed by atoms with Gasteiger partial charge in [0.25, 0.3) is 11.6 Å². The Labute approximate surface area is 164 Å². The first kappa shape index (κ1) is 18.3. The summed E-state index contributed by atoms with van der Waals surface area (Å²) in [5, 5.41) is 11.2. The van der Waals surface area contributed by atoms with Crippen LogP contribution in [0.4, 0.5) is 11.4 Å². The van der Waals surface area contributed by atoms with E-state index in [0.29, 0.717) is 19.9 Å². The second kappa shape index (κ2) is 7.82. The number of halogens is 1. The van der Waals surface area contributed by atoms with Gasteiger partial charge >= 0.3 is 0 Å². The van der Waals surface area contributed by atoms with Crippen molar-refractivity contribution < 1.29 is 9.72 Å². The highest BCUT2D eigenvalue weighted by Crippen LogP contribution is 2.35. The second-order valence-electron chi connectivity index (χ2n) is 5.23. The number of hydrogen-bond donors (Lipinski definition) is 0. The topological polar surface area (TPSA) is 63.4 Å². The van der Waals surface area contributed by atoms with E-state index in [0.717, 1.165) is 5.56 Å². The minimum absolute atomic E-state index is 0.0320. The van der Waals surface area contributed by atoms with Crippen LogP contribution in [0.2, 0.25) is 5.02 Å². The van der Waals surface area contributed by atoms with Crippen LogP contribution in [-0.4, -0.2) is 15.2 Å². The van der Waals surface area contributed by atoms with E-state index in [4.69, 9.17) is 23.8 Å². The molecular formula is C18H11ClN2O3S2. The Hall–Kier alpha value is -2.48. The van der Waals surface area contributed by atoms with E-state index in [2.05, 4.69) is 0 Å². The molecule has 2 aromatic carbocycles. The fourth-order valence-electron chi connectivity index (χ4n) is 2.27. The summed E-state index contributed by atoms with van der Waals surface area (Å²) in [5.41, 5.74) is 1.45. The second-order valence-corrected chi connectivity index (χ2v) is 7.34. The number of rotatable bonds is 4. The molecule has 5 nitrogen and oxygen atoms in total. The summed E-state index contributed by atoms with van der Waals surface area (Å²) in [7, 11) is 0. The third-order valence-corrected chi connectivity index (χ3v) is 5.06. The average molecular weight is 403 g/mol. The Morgan fingerprint density at radius 3 is 2.58 bits per heavy atom.